The van der Waals surface area contributed by atoms with Crippen molar-refractivity contribution in [3.63, 3.8) is 0 Å². The first-order chi connectivity index (χ1) is 10.7. The van der Waals surface area contributed by atoms with Crippen molar-refractivity contribution in [2.24, 2.45) is 7.05 Å². The first-order valence-electron chi connectivity index (χ1n) is 7.61. The van der Waals surface area contributed by atoms with Crippen molar-refractivity contribution in [3.05, 3.63) is 78.5 Å². The molecule has 4 aromatic rings. The van der Waals surface area contributed by atoms with Crippen molar-refractivity contribution in [2.75, 3.05) is 0 Å². The van der Waals surface area contributed by atoms with E-state index in [4.69, 9.17) is 0 Å². The van der Waals surface area contributed by atoms with Gasteiger partial charge in [0.05, 0.1) is 5.56 Å². The minimum Gasteiger partial charge on any atom is -0.201 e. The molecule has 0 fully saturated rings. The van der Waals surface area contributed by atoms with Crippen LogP contribution in [-0.2, 0) is 7.05 Å². The van der Waals surface area contributed by atoms with Crippen molar-refractivity contribution < 1.29 is 4.57 Å². The van der Waals surface area contributed by atoms with Crippen molar-refractivity contribution >= 4 is 21.5 Å². The number of aromatic nitrogens is 1. The van der Waals surface area contributed by atoms with Crippen molar-refractivity contribution in [1.29, 1.82) is 0 Å². The molecule has 0 amide bonds. The smallest absolute Gasteiger partial charge is 0.201 e. The van der Waals surface area contributed by atoms with Gasteiger partial charge in [-0.2, -0.15) is 0 Å². The minimum absolute atomic E-state index is 1.25. The summed E-state index contributed by atoms with van der Waals surface area (Å²) in [4.78, 5) is 0. The van der Waals surface area contributed by atoms with Crippen LogP contribution in [0.25, 0.3) is 32.8 Å². The Hall–Kier alpha value is -2.67. The van der Waals surface area contributed by atoms with Crippen LogP contribution in [0.2, 0.25) is 0 Å². The van der Waals surface area contributed by atoms with Crippen LogP contribution in [0.5, 0.6) is 0 Å². The summed E-state index contributed by atoms with van der Waals surface area (Å²) in [5, 5.41) is 5.20. The lowest BCUT2D eigenvalue weighted by Gasteiger charge is -2.10. The summed E-state index contributed by atoms with van der Waals surface area (Å²) in [6.45, 7) is 2.19. The summed E-state index contributed by atoms with van der Waals surface area (Å²) in [7, 11) is 2.11. The predicted octanol–water partition coefficient (Wildman–Crippen LogP) is 4.79. The quantitative estimate of drug-likeness (QED) is 0.349. The Morgan fingerprint density at radius 3 is 2.23 bits per heavy atom. The summed E-state index contributed by atoms with van der Waals surface area (Å²) in [6.07, 6.45) is 2.11. The van der Waals surface area contributed by atoms with Gasteiger partial charge in [0, 0.05) is 12.1 Å². The Kier molecular flexibility index (Phi) is 2.93. The fourth-order valence-corrected chi connectivity index (χ4v) is 3.25. The van der Waals surface area contributed by atoms with Gasteiger partial charge in [-0.25, -0.2) is 4.57 Å². The second kappa shape index (κ2) is 4.96. The van der Waals surface area contributed by atoms with Gasteiger partial charge >= 0.3 is 0 Å². The normalized spacial score (nSPS) is 11.2. The van der Waals surface area contributed by atoms with Crippen LogP contribution in [0.4, 0.5) is 0 Å². The van der Waals surface area contributed by atoms with Crippen molar-refractivity contribution in [2.45, 2.75) is 6.92 Å². The molecule has 0 aliphatic carbocycles. The number of hydrogen-bond acceptors (Lipinski definition) is 0. The third-order valence-corrected chi connectivity index (χ3v) is 4.41. The van der Waals surface area contributed by atoms with Gasteiger partial charge in [-0.05, 0) is 52.2 Å². The lowest BCUT2D eigenvalue weighted by molar-refractivity contribution is -0.660. The number of hydrogen-bond donors (Lipinski definition) is 0. The molecule has 4 rings (SSSR count). The summed E-state index contributed by atoms with van der Waals surface area (Å²) >= 11 is 0. The highest BCUT2D eigenvalue weighted by Crippen LogP contribution is 2.32. The van der Waals surface area contributed by atoms with Gasteiger partial charge in [-0.3, -0.25) is 0 Å². The Labute approximate surface area is 130 Å². The summed E-state index contributed by atoms with van der Waals surface area (Å²) in [5.74, 6) is 0. The maximum atomic E-state index is 2.32. The molecule has 0 N–H and O–H groups in total. The van der Waals surface area contributed by atoms with Crippen LogP contribution in [0.15, 0.2) is 72.9 Å². The van der Waals surface area contributed by atoms with E-state index < -0.39 is 0 Å². The number of rotatable bonds is 1. The van der Waals surface area contributed by atoms with Crippen LogP contribution in [0, 0.1) is 6.92 Å². The molecule has 0 saturated carbocycles. The molecule has 0 aliphatic rings. The first kappa shape index (κ1) is 13.0. The summed E-state index contributed by atoms with van der Waals surface area (Å²) in [6, 6.07) is 24.0. The molecule has 1 aromatic heterocycles. The average Bonchev–Trinajstić information content (AvgIpc) is 2.54. The lowest BCUT2D eigenvalue weighted by atomic mass is 9.94. The maximum absolute atomic E-state index is 2.32. The Balaban J connectivity index is 2.15. The van der Waals surface area contributed by atoms with E-state index in [0.29, 0.717) is 0 Å². The van der Waals surface area contributed by atoms with Crippen LogP contribution >= 0.6 is 0 Å². The van der Waals surface area contributed by atoms with Gasteiger partial charge in [0.25, 0.3) is 0 Å². The number of benzene rings is 3. The topological polar surface area (TPSA) is 3.88 Å². The Morgan fingerprint density at radius 1 is 0.727 bits per heavy atom. The first-order valence-corrected chi connectivity index (χ1v) is 7.61. The zero-order chi connectivity index (χ0) is 15.1. The highest BCUT2D eigenvalue weighted by molar-refractivity contribution is 6.05. The number of aryl methyl sites for hydroxylation is 2. The summed E-state index contributed by atoms with van der Waals surface area (Å²) in [5.41, 5.74) is 3.89. The molecule has 1 heterocycles. The van der Waals surface area contributed by atoms with Crippen LogP contribution < -0.4 is 4.57 Å². The van der Waals surface area contributed by atoms with Crippen molar-refractivity contribution in [3.8, 4) is 11.3 Å². The van der Waals surface area contributed by atoms with Crippen LogP contribution in [0.1, 0.15) is 5.56 Å². The SMILES string of the molecule is Cc1ccc2cc3ccccc3cc2c1-c1cccc[n+]1C. The molecule has 106 valence electrons. The number of nitrogens with zero attached hydrogens (tertiary/aromatic N) is 1. The maximum Gasteiger partial charge on any atom is 0.213 e. The fourth-order valence-electron chi connectivity index (χ4n) is 3.25. The van der Waals surface area contributed by atoms with E-state index in [1.165, 1.54) is 38.4 Å². The molecular formula is C21H18N+. The molecule has 0 radical (unpaired) electrons. The number of fused-ring (bicyclic) bond motifs is 2. The third kappa shape index (κ3) is 1.98. The van der Waals surface area contributed by atoms with E-state index in [-0.39, 0.29) is 0 Å². The zero-order valence-corrected chi connectivity index (χ0v) is 12.9. The Morgan fingerprint density at radius 2 is 1.45 bits per heavy atom. The molecule has 1 heteroatoms. The monoisotopic (exact) mass is 284 g/mol. The molecule has 22 heavy (non-hydrogen) atoms. The molecular weight excluding hydrogens is 266 g/mol. The summed E-state index contributed by atoms with van der Waals surface area (Å²) < 4.78 is 2.19. The second-order valence-electron chi connectivity index (χ2n) is 5.87. The zero-order valence-electron chi connectivity index (χ0n) is 12.9. The largest absolute Gasteiger partial charge is 0.213 e. The minimum atomic E-state index is 1.25. The molecule has 0 atom stereocenters. The van der Waals surface area contributed by atoms with E-state index in [9.17, 15) is 0 Å². The van der Waals surface area contributed by atoms with E-state index in [1.807, 2.05) is 0 Å². The molecule has 0 saturated heterocycles. The van der Waals surface area contributed by atoms with E-state index in [1.54, 1.807) is 0 Å². The third-order valence-electron chi connectivity index (χ3n) is 4.41. The average molecular weight is 284 g/mol. The molecule has 0 unspecified atom stereocenters. The van der Waals surface area contributed by atoms with Crippen LogP contribution in [0.3, 0.4) is 0 Å². The highest BCUT2D eigenvalue weighted by atomic mass is 14.9. The lowest BCUT2D eigenvalue weighted by Crippen LogP contribution is -2.30. The van der Waals surface area contributed by atoms with Gasteiger partial charge in [-0.1, -0.05) is 36.4 Å². The van der Waals surface area contributed by atoms with Crippen LogP contribution in [-0.4, -0.2) is 0 Å². The predicted molar refractivity (Wildman–Crippen MR) is 92.8 cm³/mol. The molecule has 0 aliphatic heterocycles. The van der Waals surface area contributed by atoms with Gasteiger partial charge in [-0.15, -0.1) is 0 Å². The molecule has 0 bridgehead atoms. The van der Waals surface area contributed by atoms with E-state index in [0.717, 1.165) is 0 Å². The fraction of sp³-hybridized carbons (Fsp3) is 0.0952. The number of pyridine rings is 1. The standard InChI is InChI=1S/C21H18N/c1-15-10-11-18-13-16-7-3-4-8-17(16)14-19(18)21(15)20-9-5-6-12-22(20)2/h3-14H,1-2H3/q+1. The van der Waals surface area contributed by atoms with Gasteiger partial charge in [0.2, 0.25) is 5.69 Å². The molecule has 3 aromatic carbocycles. The Bertz CT molecular complexity index is 999. The van der Waals surface area contributed by atoms with Gasteiger partial charge in [0.1, 0.15) is 7.05 Å². The molecule has 0 spiro atoms. The van der Waals surface area contributed by atoms with E-state index in [2.05, 4.69) is 91.5 Å². The molecule has 1 nitrogen and oxygen atoms in total. The second-order valence-corrected chi connectivity index (χ2v) is 5.87. The van der Waals surface area contributed by atoms with Gasteiger partial charge < -0.3 is 0 Å². The van der Waals surface area contributed by atoms with E-state index >= 15 is 0 Å². The highest BCUT2D eigenvalue weighted by Gasteiger charge is 2.15. The van der Waals surface area contributed by atoms with Gasteiger partial charge in [0.15, 0.2) is 6.20 Å². The van der Waals surface area contributed by atoms with Crippen molar-refractivity contribution in [1.82, 2.24) is 0 Å².